The van der Waals surface area contributed by atoms with Crippen LogP contribution in [0.3, 0.4) is 0 Å². The zero-order valence-electron chi connectivity index (χ0n) is 10.8. The molecular formula is C12H29NOSi. The summed E-state index contributed by atoms with van der Waals surface area (Å²) in [6.07, 6.45) is 7.95. The molecule has 0 aromatic heterocycles. The van der Waals surface area contributed by atoms with Gasteiger partial charge in [-0.1, -0.05) is 32.1 Å². The van der Waals surface area contributed by atoms with Crippen LogP contribution in [0.5, 0.6) is 0 Å². The Morgan fingerprint density at radius 1 is 0.933 bits per heavy atom. The second-order valence-electron chi connectivity index (χ2n) is 4.85. The summed E-state index contributed by atoms with van der Waals surface area (Å²) in [6.45, 7) is 8.48. The van der Waals surface area contributed by atoms with Crippen LogP contribution < -0.4 is 5.73 Å². The van der Waals surface area contributed by atoms with Gasteiger partial charge in [0, 0.05) is 6.61 Å². The molecule has 0 aliphatic carbocycles. The first kappa shape index (κ1) is 15.1. The van der Waals surface area contributed by atoms with Crippen molar-refractivity contribution in [3.63, 3.8) is 0 Å². The van der Waals surface area contributed by atoms with Gasteiger partial charge in [-0.05, 0) is 39.0 Å². The lowest BCUT2D eigenvalue weighted by Crippen LogP contribution is -2.29. The summed E-state index contributed by atoms with van der Waals surface area (Å²) in [6, 6.07) is 1.32. The Hall–Kier alpha value is 0.137. The molecule has 2 N–H and O–H groups in total. The van der Waals surface area contributed by atoms with E-state index < -0.39 is 8.32 Å². The molecule has 0 aromatic carbocycles. The van der Waals surface area contributed by atoms with Crippen LogP contribution in [0.1, 0.15) is 45.4 Å². The van der Waals surface area contributed by atoms with Crippen LogP contribution in [-0.2, 0) is 4.43 Å². The molecule has 92 valence electrons. The summed E-state index contributed by atoms with van der Waals surface area (Å²) in [5.74, 6) is 0. The summed E-state index contributed by atoms with van der Waals surface area (Å²) in [7, 11) is -1.30. The summed E-state index contributed by atoms with van der Waals surface area (Å²) < 4.78 is 5.80. The van der Waals surface area contributed by atoms with Crippen molar-refractivity contribution in [2.24, 2.45) is 5.73 Å². The Bertz CT molecular complexity index is 140. The molecule has 0 saturated carbocycles. The molecule has 0 radical (unpaired) electrons. The monoisotopic (exact) mass is 231 g/mol. The first-order valence-corrected chi connectivity index (χ1v) is 9.58. The van der Waals surface area contributed by atoms with E-state index >= 15 is 0 Å². The lowest BCUT2D eigenvalue weighted by Gasteiger charge is -2.21. The van der Waals surface area contributed by atoms with Gasteiger partial charge in [-0.15, -0.1) is 0 Å². The van der Waals surface area contributed by atoms with Gasteiger partial charge in [0.15, 0.2) is 8.32 Å². The van der Waals surface area contributed by atoms with Crippen LogP contribution in [-0.4, -0.2) is 21.5 Å². The molecule has 0 heterocycles. The average molecular weight is 231 g/mol. The van der Waals surface area contributed by atoms with Crippen molar-refractivity contribution >= 4 is 8.32 Å². The maximum atomic E-state index is 5.80. The Morgan fingerprint density at radius 2 is 1.47 bits per heavy atom. The zero-order chi connectivity index (χ0) is 11.6. The fourth-order valence-corrected chi connectivity index (χ4v) is 3.89. The van der Waals surface area contributed by atoms with Crippen LogP contribution in [0, 0.1) is 0 Å². The van der Waals surface area contributed by atoms with Crippen molar-refractivity contribution in [1.82, 2.24) is 0 Å². The molecule has 0 aliphatic heterocycles. The molecule has 0 amide bonds. The Balaban J connectivity index is 3.22. The third-order valence-electron chi connectivity index (χ3n) is 2.77. The van der Waals surface area contributed by atoms with E-state index in [1.165, 1.54) is 44.6 Å². The summed E-state index contributed by atoms with van der Waals surface area (Å²) in [4.78, 5) is 0. The van der Waals surface area contributed by atoms with Gasteiger partial charge in [0.05, 0.1) is 0 Å². The van der Waals surface area contributed by atoms with Crippen molar-refractivity contribution in [3.8, 4) is 0 Å². The smallest absolute Gasteiger partial charge is 0.186 e. The van der Waals surface area contributed by atoms with Gasteiger partial charge in [-0.25, -0.2) is 0 Å². The highest BCUT2D eigenvalue weighted by molar-refractivity contribution is 6.71. The molecule has 0 atom stereocenters. The third-order valence-corrected chi connectivity index (χ3v) is 5.40. The molecule has 0 bridgehead atoms. The number of nitrogens with two attached hydrogens (primary N) is 1. The van der Waals surface area contributed by atoms with Crippen LogP contribution in [0.4, 0.5) is 0 Å². The van der Waals surface area contributed by atoms with Crippen LogP contribution in [0.15, 0.2) is 0 Å². The van der Waals surface area contributed by atoms with E-state index in [1.807, 2.05) is 0 Å². The summed E-state index contributed by atoms with van der Waals surface area (Å²) >= 11 is 0. The minimum Gasteiger partial charge on any atom is -0.418 e. The van der Waals surface area contributed by atoms with Crippen molar-refractivity contribution in [2.75, 3.05) is 13.2 Å². The predicted molar refractivity (Wildman–Crippen MR) is 70.7 cm³/mol. The number of hydrogen-bond donors (Lipinski definition) is 1. The SMILES string of the molecule is CCO[Si](C)(C)CCCCCCCCN. The Kier molecular flexibility index (Phi) is 9.45. The van der Waals surface area contributed by atoms with Gasteiger partial charge >= 0.3 is 0 Å². The molecule has 0 fully saturated rings. The molecule has 0 aliphatic rings. The number of hydrogen-bond acceptors (Lipinski definition) is 2. The lowest BCUT2D eigenvalue weighted by molar-refractivity contribution is 0.327. The minimum absolute atomic E-state index is 0.851. The van der Waals surface area contributed by atoms with Gasteiger partial charge in [0.2, 0.25) is 0 Å². The molecule has 3 heteroatoms. The van der Waals surface area contributed by atoms with E-state index in [0.717, 1.165) is 13.2 Å². The van der Waals surface area contributed by atoms with Crippen LogP contribution >= 0.6 is 0 Å². The van der Waals surface area contributed by atoms with E-state index in [2.05, 4.69) is 20.0 Å². The second-order valence-corrected chi connectivity index (χ2v) is 9.16. The predicted octanol–water partition coefficient (Wildman–Crippen LogP) is 3.53. The summed E-state index contributed by atoms with van der Waals surface area (Å²) in [5, 5.41) is 0. The molecule has 0 unspecified atom stereocenters. The normalized spacial score (nSPS) is 12.0. The van der Waals surface area contributed by atoms with E-state index in [1.54, 1.807) is 0 Å². The molecule has 0 aromatic rings. The minimum atomic E-state index is -1.30. The molecule has 0 saturated heterocycles. The first-order chi connectivity index (χ1) is 7.12. The van der Waals surface area contributed by atoms with Gasteiger partial charge in [-0.2, -0.15) is 0 Å². The van der Waals surface area contributed by atoms with Crippen LogP contribution in [0.2, 0.25) is 19.1 Å². The Labute approximate surface area is 96.7 Å². The Morgan fingerprint density at radius 3 is 2.00 bits per heavy atom. The molecular weight excluding hydrogens is 202 g/mol. The highest BCUT2D eigenvalue weighted by Crippen LogP contribution is 2.16. The molecule has 15 heavy (non-hydrogen) atoms. The standard InChI is InChI=1S/C12H29NOSi/c1-4-14-15(2,3)12-10-8-6-5-7-9-11-13/h4-13H2,1-3H3. The van der Waals surface area contributed by atoms with E-state index in [0.29, 0.717) is 0 Å². The van der Waals surface area contributed by atoms with Crippen molar-refractivity contribution < 1.29 is 4.43 Å². The quantitative estimate of drug-likeness (QED) is 0.461. The lowest BCUT2D eigenvalue weighted by atomic mass is 10.1. The van der Waals surface area contributed by atoms with Gasteiger partial charge in [0.1, 0.15) is 0 Å². The fourth-order valence-electron chi connectivity index (χ4n) is 1.87. The van der Waals surface area contributed by atoms with Crippen LogP contribution in [0.25, 0.3) is 0 Å². The van der Waals surface area contributed by atoms with Gasteiger partial charge in [-0.3, -0.25) is 0 Å². The third kappa shape index (κ3) is 10.4. The van der Waals surface area contributed by atoms with Crippen molar-refractivity contribution in [2.45, 2.75) is 64.6 Å². The maximum Gasteiger partial charge on any atom is 0.186 e. The second kappa shape index (κ2) is 9.37. The average Bonchev–Trinajstić information content (AvgIpc) is 2.16. The summed E-state index contributed by atoms with van der Waals surface area (Å²) in [5.41, 5.74) is 5.45. The first-order valence-electron chi connectivity index (χ1n) is 6.46. The number of unbranched alkanes of at least 4 members (excludes halogenated alkanes) is 5. The van der Waals surface area contributed by atoms with E-state index in [4.69, 9.17) is 10.2 Å². The molecule has 0 spiro atoms. The van der Waals surface area contributed by atoms with Crippen molar-refractivity contribution in [1.29, 1.82) is 0 Å². The number of rotatable bonds is 10. The maximum absolute atomic E-state index is 5.80. The molecule has 0 rings (SSSR count). The highest BCUT2D eigenvalue weighted by atomic mass is 28.4. The zero-order valence-corrected chi connectivity index (χ0v) is 11.8. The van der Waals surface area contributed by atoms with E-state index in [9.17, 15) is 0 Å². The van der Waals surface area contributed by atoms with Gasteiger partial charge < -0.3 is 10.2 Å². The van der Waals surface area contributed by atoms with Crippen molar-refractivity contribution in [3.05, 3.63) is 0 Å². The topological polar surface area (TPSA) is 35.2 Å². The van der Waals surface area contributed by atoms with E-state index in [-0.39, 0.29) is 0 Å². The highest BCUT2D eigenvalue weighted by Gasteiger charge is 2.20. The largest absolute Gasteiger partial charge is 0.418 e. The molecule has 2 nitrogen and oxygen atoms in total. The van der Waals surface area contributed by atoms with Gasteiger partial charge in [0.25, 0.3) is 0 Å². The fraction of sp³-hybridized carbons (Fsp3) is 1.00.